The summed E-state index contributed by atoms with van der Waals surface area (Å²) in [5, 5.41) is 15.1. The fourth-order valence-corrected chi connectivity index (χ4v) is 3.90. The summed E-state index contributed by atoms with van der Waals surface area (Å²) in [4.78, 5) is 35.7. The minimum absolute atomic E-state index is 0.00452. The van der Waals surface area contributed by atoms with Gasteiger partial charge in [-0.3, -0.25) is 19.6 Å². The number of aromatic nitrogens is 2. The van der Waals surface area contributed by atoms with Gasteiger partial charge in [-0.1, -0.05) is 0 Å². The van der Waals surface area contributed by atoms with Crippen LogP contribution in [-0.2, 0) is 4.74 Å². The van der Waals surface area contributed by atoms with Gasteiger partial charge >= 0.3 is 11.8 Å². The predicted octanol–water partition coefficient (Wildman–Crippen LogP) is 2.24. The van der Waals surface area contributed by atoms with Gasteiger partial charge in [-0.15, -0.1) is 0 Å². The lowest BCUT2D eigenvalue weighted by molar-refractivity contribution is -0.385. The molecule has 3 rings (SSSR count). The lowest BCUT2D eigenvalue weighted by Crippen LogP contribution is -2.50. The van der Waals surface area contributed by atoms with Gasteiger partial charge in [0.2, 0.25) is 5.69 Å². The van der Waals surface area contributed by atoms with E-state index in [9.17, 15) is 19.7 Å². The normalized spacial score (nSPS) is 19.6. The number of carbonyl (C=O) groups excluding carboxylic acids is 2. The molecule has 1 aliphatic carbocycles. The summed E-state index contributed by atoms with van der Waals surface area (Å²) in [6.07, 6.45) is 4.33. The Kier molecular flexibility index (Phi) is 4.61. The van der Waals surface area contributed by atoms with E-state index in [-0.39, 0.29) is 28.9 Å². The molecule has 10 nitrogen and oxygen atoms in total. The summed E-state index contributed by atoms with van der Waals surface area (Å²) in [6.45, 7) is 6.80. The SMILES string of the molecule is CC(C)(C)OC(=O)N1CCC2(CC1)CC(n1cc([N+](=O)[O-])c(C(N)=O)n1)C2. The first-order chi connectivity index (χ1) is 12.5. The molecule has 1 spiro atoms. The number of nitrogens with zero attached hydrogens (tertiary/aromatic N) is 4. The van der Waals surface area contributed by atoms with Crippen LogP contribution < -0.4 is 5.73 Å². The number of hydrogen-bond acceptors (Lipinski definition) is 6. The maximum atomic E-state index is 12.2. The molecule has 2 aliphatic rings. The van der Waals surface area contributed by atoms with Crippen molar-refractivity contribution >= 4 is 17.7 Å². The van der Waals surface area contributed by atoms with Crippen molar-refractivity contribution in [1.82, 2.24) is 14.7 Å². The van der Waals surface area contributed by atoms with Crippen LogP contribution >= 0.6 is 0 Å². The molecule has 0 radical (unpaired) electrons. The van der Waals surface area contributed by atoms with Gasteiger partial charge in [-0.25, -0.2) is 4.79 Å². The smallest absolute Gasteiger partial charge is 0.410 e. The van der Waals surface area contributed by atoms with E-state index in [0.717, 1.165) is 25.7 Å². The van der Waals surface area contributed by atoms with E-state index in [1.807, 2.05) is 20.8 Å². The number of nitrogens with two attached hydrogens (primary N) is 1. The third-order valence-electron chi connectivity index (χ3n) is 5.33. The third-order valence-corrected chi connectivity index (χ3v) is 5.33. The zero-order valence-electron chi connectivity index (χ0n) is 15.8. The second-order valence-corrected chi connectivity index (χ2v) is 8.49. The standard InChI is InChI=1S/C17H25N5O5/c1-16(2,3)27-15(24)20-6-4-17(5-7-20)8-11(9-17)21-10-12(22(25)26)13(19-21)14(18)23/h10-11H,4-9H2,1-3H3,(H2,18,23). The topological polar surface area (TPSA) is 134 Å². The van der Waals surface area contributed by atoms with Gasteiger partial charge in [0.15, 0.2) is 0 Å². The number of rotatable bonds is 3. The van der Waals surface area contributed by atoms with Crippen LogP contribution in [0, 0.1) is 15.5 Å². The monoisotopic (exact) mass is 379 g/mol. The number of piperidine rings is 1. The van der Waals surface area contributed by atoms with Gasteiger partial charge in [0, 0.05) is 13.1 Å². The van der Waals surface area contributed by atoms with Crippen molar-refractivity contribution in [2.45, 2.75) is 58.1 Å². The zero-order chi connectivity index (χ0) is 20.0. The second kappa shape index (κ2) is 6.50. The summed E-state index contributed by atoms with van der Waals surface area (Å²) in [5.41, 5.74) is 4.11. The summed E-state index contributed by atoms with van der Waals surface area (Å²) in [7, 11) is 0. The number of nitro groups is 1. The lowest BCUT2D eigenvalue weighted by Gasteiger charge is -2.51. The molecule has 2 N–H and O–H groups in total. The maximum absolute atomic E-state index is 12.2. The van der Waals surface area contributed by atoms with Gasteiger partial charge in [-0.2, -0.15) is 5.10 Å². The Hall–Kier alpha value is -2.65. The molecule has 10 heteroatoms. The molecule has 0 atom stereocenters. The first-order valence-corrected chi connectivity index (χ1v) is 9.01. The maximum Gasteiger partial charge on any atom is 0.410 e. The van der Waals surface area contributed by atoms with Gasteiger partial charge in [-0.05, 0) is 51.9 Å². The van der Waals surface area contributed by atoms with Crippen LogP contribution in [0.15, 0.2) is 6.20 Å². The Morgan fingerprint density at radius 3 is 2.37 bits per heavy atom. The predicted molar refractivity (Wildman–Crippen MR) is 95.1 cm³/mol. The molecule has 1 aromatic heterocycles. The van der Waals surface area contributed by atoms with Crippen molar-refractivity contribution < 1.29 is 19.2 Å². The number of likely N-dealkylation sites (tertiary alicyclic amines) is 1. The average Bonchev–Trinajstić information content (AvgIpc) is 2.96. The highest BCUT2D eigenvalue weighted by Gasteiger charge is 2.48. The molecule has 1 aromatic rings. The van der Waals surface area contributed by atoms with Gasteiger partial charge in [0.25, 0.3) is 5.91 Å². The molecule has 27 heavy (non-hydrogen) atoms. The summed E-state index contributed by atoms with van der Waals surface area (Å²) in [5.74, 6) is -0.903. The molecule has 0 bridgehead atoms. The van der Waals surface area contributed by atoms with E-state index in [1.165, 1.54) is 10.9 Å². The van der Waals surface area contributed by atoms with Crippen molar-refractivity contribution in [3.63, 3.8) is 0 Å². The van der Waals surface area contributed by atoms with E-state index in [4.69, 9.17) is 10.5 Å². The van der Waals surface area contributed by atoms with Crippen LogP contribution in [0.5, 0.6) is 0 Å². The van der Waals surface area contributed by atoms with E-state index in [0.29, 0.717) is 13.1 Å². The highest BCUT2D eigenvalue weighted by molar-refractivity contribution is 5.94. The van der Waals surface area contributed by atoms with E-state index in [1.54, 1.807) is 4.90 Å². The Morgan fingerprint density at radius 1 is 1.33 bits per heavy atom. The Labute approximate surface area is 156 Å². The largest absolute Gasteiger partial charge is 0.444 e. The Balaban J connectivity index is 1.59. The first kappa shape index (κ1) is 19.1. The fraction of sp³-hybridized carbons (Fsp3) is 0.706. The van der Waals surface area contributed by atoms with E-state index in [2.05, 4.69) is 5.10 Å². The Bertz CT molecular complexity index is 734. The molecule has 1 saturated heterocycles. The molecule has 1 saturated carbocycles. The number of amides is 2. The summed E-state index contributed by atoms with van der Waals surface area (Å²) >= 11 is 0. The molecule has 1 aliphatic heterocycles. The quantitative estimate of drug-likeness (QED) is 0.632. The van der Waals surface area contributed by atoms with Crippen LogP contribution in [0.1, 0.15) is 63.0 Å². The number of ether oxygens (including phenoxy) is 1. The van der Waals surface area contributed by atoms with Crippen molar-refractivity contribution in [1.29, 1.82) is 0 Å². The highest BCUT2D eigenvalue weighted by Crippen LogP contribution is 2.54. The highest BCUT2D eigenvalue weighted by atomic mass is 16.6. The Morgan fingerprint density at radius 2 is 1.93 bits per heavy atom. The van der Waals surface area contributed by atoms with Gasteiger partial charge < -0.3 is 15.4 Å². The number of primary amides is 1. The average molecular weight is 379 g/mol. The molecule has 0 aromatic carbocycles. The van der Waals surface area contributed by atoms with Crippen molar-refractivity contribution in [2.24, 2.45) is 11.1 Å². The molecule has 2 heterocycles. The third kappa shape index (κ3) is 3.88. The molecule has 2 fully saturated rings. The second-order valence-electron chi connectivity index (χ2n) is 8.49. The van der Waals surface area contributed by atoms with Crippen LogP contribution in [0.2, 0.25) is 0 Å². The minimum Gasteiger partial charge on any atom is -0.444 e. The van der Waals surface area contributed by atoms with E-state index >= 15 is 0 Å². The van der Waals surface area contributed by atoms with Gasteiger partial charge in [0.05, 0.1) is 11.0 Å². The van der Waals surface area contributed by atoms with E-state index < -0.39 is 16.4 Å². The fourth-order valence-electron chi connectivity index (χ4n) is 3.90. The number of carbonyl (C=O) groups is 2. The zero-order valence-corrected chi connectivity index (χ0v) is 15.8. The van der Waals surface area contributed by atoms with Gasteiger partial charge in [0.1, 0.15) is 11.8 Å². The molecule has 148 valence electrons. The van der Waals surface area contributed by atoms with Crippen LogP contribution in [-0.4, -0.2) is 50.3 Å². The first-order valence-electron chi connectivity index (χ1n) is 9.01. The molecular formula is C17H25N5O5. The summed E-state index contributed by atoms with van der Waals surface area (Å²) < 4.78 is 6.90. The van der Waals surface area contributed by atoms with Crippen LogP contribution in [0.25, 0.3) is 0 Å². The number of hydrogen-bond donors (Lipinski definition) is 1. The van der Waals surface area contributed by atoms with Crippen molar-refractivity contribution in [2.75, 3.05) is 13.1 Å². The molecular weight excluding hydrogens is 354 g/mol. The summed E-state index contributed by atoms with van der Waals surface area (Å²) in [6, 6.07) is 0.00452. The van der Waals surface area contributed by atoms with Crippen LogP contribution in [0.4, 0.5) is 10.5 Å². The van der Waals surface area contributed by atoms with Crippen molar-refractivity contribution in [3.05, 3.63) is 22.0 Å². The molecule has 0 unspecified atom stereocenters. The molecule has 2 amide bonds. The van der Waals surface area contributed by atoms with Crippen LogP contribution in [0.3, 0.4) is 0 Å². The minimum atomic E-state index is -0.903. The lowest BCUT2D eigenvalue weighted by atomic mass is 9.60. The van der Waals surface area contributed by atoms with Crippen molar-refractivity contribution in [3.8, 4) is 0 Å².